The molecule has 0 aliphatic rings. The van der Waals surface area contributed by atoms with E-state index in [2.05, 4.69) is 4.90 Å². The summed E-state index contributed by atoms with van der Waals surface area (Å²) in [6.45, 7) is 0. The second-order valence-corrected chi connectivity index (χ2v) is 11.9. The number of nitrogens with zero attached hydrogens (tertiary/aromatic N) is 2. The monoisotopic (exact) mass is 662 g/mol. The molecule has 0 N–H and O–H groups in total. The molecule has 0 unspecified atom stereocenters. The molecule has 1 aromatic heterocycles. The Hall–Kier alpha value is -6.84. The van der Waals surface area contributed by atoms with Gasteiger partial charge in [-0.05, 0) is 95.0 Å². The summed E-state index contributed by atoms with van der Waals surface area (Å²) in [4.78, 5) is 3.71. The third-order valence-corrected chi connectivity index (χ3v) is 8.79. The predicted octanol–water partition coefficient (Wildman–Crippen LogP) is 13.9. The van der Waals surface area contributed by atoms with Gasteiger partial charge in [-0.25, -0.2) is 0 Å². The minimum Gasteiger partial charge on any atom is -0.454 e. The van der Waals surface area contributed by atoms with E-state index in [1.165, 1.54) is 0 Å². The molecule has 0 saturated heterocycles. The average molecular weight is 663 g/mol. The van der Waals surface area contributed by atoms with Crippen molar-refractivity contribution in [2.75, 3.05) is 9.80 Å². The van der Waals surface area contributed by atoms with Crippen molar-refractivity contribution < 1.29 is 15.4 Å². The summed E-state index contributed by atoms with van der Waals surface area (Å²) in [7, 11) is 0. The molecule has 0 radical (unpaired) electrons. The summed E-state index contributed by atoms with van der Waals surface area (Å²) in [5, 5.41) is 1.98. The van der Waals surface area contributed by atoms with Gasteiger partial charge in [0, 0.05) is 39.2 Å². The quantitative estimate of drug-likeness (QED) is 0.161. The van der Waals surface area contributed by atoms with E-state index >= 15 is 0 Å². The van der Waals surface area contributed by atoms with Crippen molar-refractivity contribution in [2.24, 2.45) is 0 Å². The minimum absolute atomic E-state index is 0.00535. The van der Waals surface area contributed by atoms with Gasteiger partial charge in [-0.3, -0.25) is 0 Å². The van der Waals surface area contributed by atoms with Crippen LogP contribution in [0, 0.1) is 0 Å². The molecule has 9 rings (SSSR count). The molecule has 1 heterocycles. The highest BCUT2D eigenvalue weighted by atomic mass is 16.3. The van der Waals surface area contributed by atoms with E-state index in [4.69, 9.17) is 12.6 Å². The van der Waals surface area contributed by atoms with Crippen LogP contribution in [0.3, 0.4) is 0 Å². The van der Waals surface area contributed by atoms with E-state index in [0.717, 1.165) is 33.4 Å². The molecule has 242 valence electrons. The van der Waals surface area contributed by atoms with Gasteiger partial charge in [-0.2, -0.15) is 0 Å². The molecule has 0 fully saturated rings. The van der Waals surface area contributed by atoms with E-state index in [-0.39, 0.29) is 46.5 Å². The van der Waals surface area contributed by atoms with Gasteiger partial charge in [-0.15, -0.1) is 0 Å². The maximum absolute atomic E-state index is 9.17. The first-order valence-corrected chi connectivity index (χ1v) is 16.6. The van der Waals surface area contributed by atoms with E-state index in [1.807, 2.05) is 121 Å². The molecule has 0 amide bonds. The fourth-order valence-electron chi connectivity index (χ4n) is 6.38. The Bertz CT molecular complexity index is 2930. The fraction of sp³-hybridized carbons (Fsp3) is 0. The third kappa shape index (κ3) is 5.81. The molecule has 3 nitrogen and oxygen atoms in total. The number of furan rings is 1. The zero-order valence-electron chi connectivity index (χ0n) is 35.3. The van der Waals surface area contributed by atoms with Crippen LogP contribution in [0.2, 0.25) is 0 Å². The number of anilines is 6. The second kappa shape index (κ2) is 13.2. The van der Waals surface area contributed by atoms with E-state index in [0.29, 0.717) is 22.5 Å². The first-order valence-electron chi connectivity index (χ1n) is 20.6. The molecule has 0 spiro atoms. The number of para-hydroxylation sites is 5. The van der Waals surface area contributed by atoms with Crippen LogP contribution in [0.1, 0.15) is 11.0 Å². The lowest BCUT2D eigenvalue weighted by Gasteiger charge is -2.25. The topological polar surface area (TPSA) is 19.6 Å². The highest BCUT2D eigenvalue weighted by Crippen LogP contribution is 2.42. The molecule has 8 aromatic carbocycles. The number of fused-ring (bicyclic) bond motifs is 3. The van der Waals surface area contributed by atoms with Crippen molar-refractivity contribution in [3.8, 4) is 22.3 Å². The van der Waals surface area contributed by atoms with E-state index < -0.39 is 24.2 Å². The van der Waals surface area contributed by atoms with Crippen LogP contribution in [-0.2, 0) is 0 Å². The first kappa shape index (κ1) is 22.7. The molecule has 0 saturated carbocycles. The van der Waals surface area contributed by atoms with E-state index in [1.54, 1.807) is 41.3 Å². The van der Waals surface area contributed by atoms with Crippen molar-refractivity contribution in [2.45, 2.75) is 0 Å². The number of hydrogen-bond donors (Lipinski definition) is 0. The number of benzene rings is 8. The Morgan fingerprint density at radius 2 is 0.784 bits per heavy atom. The Morgan fingerprint density at radius 1 is 0.333 bits per heavy atom. The maximum atomic E-state index is 9.17. The fourth-order valence-corrected chi connectivity index (χ4v) is 6.38. The third-order valence-electron chi connectivity index (χ3n) is 8.79. The molecule has 9 aromatic rings. The Balaban J connectivity index is 1.15. The zero-order chi connectivity index (χ0) is 40.9. The van der Waals surface area contributed by atoms with Crippen LogP contribution < -0.4 is 9.80 Å². The van der Waals surface area contributed by atoms with Crippen molar-refractivity contribution in [3.63, 3.8) is 0 Å². The molecule has 0 atom stereocenters. The minimum atomic E-state index is -0.476. The molecule has 0 aliphatic carbocycles. The molecule has 0 bridgehead atoms. The summed E-state index contributed by atoms with van der Waals surface area (Å²) < 4.78 is 79.7. The lowest BCUT2D eigenvalue weighted by Crippen LogP contribution is -2.10. The summed E-state index contributed by atoms with van der Waals surface area (Å²) >= 11 is 0. The van der Waals surface area contributed by atoms with Crippen molar-refractivity contribution in [3.05, 3.63) is 206 Å². The lowest BCUT2D eigenvalue weighted by molar-refractivity contribution is 0.669. The molecular weight excluding hydrogens is 621 g/mol. The van der Waals surface area contributed by atoms with Crippen LogP contribution in [0.15, 0.2) is 210 Å². The molecule has 0 aliphatic heterocycles. The number of rotatable bonds is 8. The summed E-state index contributed by atoms with van der Waals surface area (Å²) in [6, 6.07) is 45.8. The van der Waals surface area contributed by atoms with Gasteiger partial charge < -0.3 is 14.2 Å². The summed E-state index contributed by atoms with van der Waals surface area (Å²) in [5.74, 6) is 0. The van der Waals surface area contributed by atoms with Gasteiger partial charge in [0.1, 0.15) is 5.58 Å². The van der Waals surface area contributed by atoms with Crippen molar-refractivity contribution in [1.29, 1.82) is 0 Å². The number of hydrogen-bond acceptors (Lipinski definition) is 3. The second-order valence-electron chi connectivity index (χ2n) is 11.9. The van der Waals surface area contributed by atoms with Gasteiger partial charge in [-0.1, -0.05) is 133 Å². The lowest BCUT2D eigenvalue weighted by atomic mass is 9.99. The Labute approximate surface area is 309 Å². The SMILES string of the molecule is [2H]c1c([2H])c(-c2c([2H])c([2H])c(N(c3ccccc3)c3ccccc3)c([2H])c2[2H])c([2H])c([2H])c1-c1ccc(N(c2ccccc2)c2cccc3c2oc2ccccc23)cc1. The Kier molecular flexibility index (Phi) is 5.89. The van der Waals surface area contributed by atoms with Crippen LogP contribution in [-0.4, -0.2) is 0 Å². The van der Waals surface area contributed by atoms with Crippen molar-refractivity contribution in [1.82, 2.24) is 0 Å². The van der Waals surface area contributed by atoms with Gasteiger partial charge >= 0.3 is 0 Å². The summed E-state index contributed by atoms with van der Waals surface area (Å²) in [5.41, 5.74) is 5.05. The zero-order valence-corrected chi connectivity index (χ0v) is 27.3. The van der Waals surface area contributed by atoms with Crippen LogP contribution >= 0.6 is 0 Å². The van der Waals surface area contributed by atoms with Crippen LogP contribution in [0.5, 0.6) is 0 Å². The first-order chi connectivity index (χ1) is 28.7. The maximum Gasteiger partial charge on any atom is 0.159 e. The highest BCUT2D eigenvalue weighted by molar-refractivity contribution is 6.10. The van der Waals surface area contributed by atoms with Crippen molar-refractivity contribution >= 4 is 56.1 Å². The largest absolute Gasteiger partial charge is 0.454 e. The molecular formula is C48H34N2O. The highest BCUT2D eigenvalue weighted by Gasteiger charge is 2.19. The normalized spacial score (nSPS) is 13.3. The molecule has 3 heteroatoms. The van der Waals surface area contributed by atoms with E-state index in [9.17, 15) is 2.74 Å². The smallest absolute Gasteiger partial charge is 0.159 e. The summed E-state index contributed by atoms with van der Waals surface area (Å²) in [6.07, 6.45) is 0. The van der Waals surface area contributed by atoms with Crippen LogP contribution in [0.25, 0.3) is 44.2 Å². The van der Waals surface area contributed by atoms with Gasteiger partial charge in [0.05, 0.1) is 16.7 Å². The molecule has 51 heavy (non-hydrogen) atoms. The van der Waals surface area contributed by atoms with Gasteiger partial charge in [0.15, 0.2) is 5.58 Å². The van der Waals surface area contributed by atoms with Crippen LogP contribution in [0.4, 0.5) is 34.1 Å². The van der Waals surface area contributed by atoms with Gasteiger partial charge in [0.2, 0.25) is 0 Å². The average Bonchev–Trinajstić information content (AvgIpc) is 3.66. The Morgan fingerprint density at radius 3 is 1.37 bits per heavy atom. The predicted molar refractivity (Wildman–Crippen MR) is 214 cm³/mol. The van der Waals surface area contributed by atoms with Gasteiger partial charge in [0.25, 0.3) is 0 Å². The standard InChI is InChI=1S/C48H34N2O/c1-4-13-39(14-5-1)49(40-15-6-2-7-16-40)42-31-27-37(28-32-42)35-23-25-36(26-24-35)38-29-33-43(34-30-38)50(41-17-8-3-9-18-41)46-21-12-20-45-44-19-10-11-22-47(44)51-48(45)46/h1-34H/i23D,24D,25D,26D,27D,28D,31D,32D.